The van der Waals surface area contributed by atoms with E-state index >= 15 is 0 Å². The Hall–Kier alpha value is 0.0238. The zero-order valence-electron chi connectivity index (χ0n) is 44.7. The molecule has 0 radical (unpaired) electrons. The van der Waals surface area contributed by atoms with Gasteiger partial charge in [0.15, 0.2) is 16.6 Å². The Morgan fingerprint density at radius 1 is 0.323 bits per heavy atom. The summed E-state index contributed by atoms with van der Waals surface area (Å²) in [5, 5.41) is 0. The lowest BCUT2D eigenvalue weighted by Crippen LogP contribution is -2.42. The highest BCUT2D eigenvalue weighted by Gasteiger charge is 2.37. The van der Waals surface area contributed by atoms with E-state index in [2.05, 4.69) is 69.2 Å². The molecule has 0 atom stereocenters. The van der Waals surface area contributed by atoms with Crippen LogP contribution in [-0.4, -0.2) is 35.6 Å². The van der Waals surface area contributed by atoms with Crippen LogP contribution in [0.5, 0.6) is 0 Å². The van der Waals surface area contributed by atoms with Crippen LogP contribution in [0.15, 0.2) is 0 Å². The predicted molar refractivity (Wildman–Crippen MR) is 285 cm³/mol. The fourth-order valence-electron chi connectivity index (χ4n) is 10.8. The van der Waals surface area contributed by atoms with E-state index in [-0.39, 0.29) is 0 Å². The molecule has 0 bridgehead atoms. The van der Waals surface area contributed by atoms with Crippen molar-refractivity contribution in [2.24, 2.45) is 23.7 Å². The number of hydrogen-bond donors (Lipinski definition) is 0. The maximum Gasteiger partial charge on any atom is 0.193 e. The van der Waals surface area contributed by atoms with Crippen LogP contribution in [0.2, 0.25) is 36.3 Å². The van der Waals surface area contributed by atoms with Gasteiger partial charge in [0.25, 0.3) is 0 Å². The summed E-state index contributed by atoms with van der Waals surface area (Å²) in [7, 11) is -3.83. The Kier molecular flexibility index (Phi) is 43.6. The molecule has 62 heavy (non-hydrogen) atoms. The van der Waals surface area contributed by atoms with Gasteiger partial charge in [0.2, 0.25) is 0 Å². The maximum atomic E-state index is 13.4. The number of hydrogen-bond acceptors (Lipinski definition) is 3. The third-order valence-corrected chi connectivity index (χ3v) is 24.1. The van der Waals surface area contributed by atoms with Crippen molar-refractivity contribution in [1.82, 2.24) is 0 Å². The quantitative estimate of drug-likeness (QED) is 0.0451. The summed E-state index contributed by atoms with van der Waals surface area (Å²) < 4.78 is 14.1. The largest absolute Gasteiger partial charge is 0.416 e. The molecule has 0 rings (SSSR count). The maximum absolute atomic E-state index is 13.4. The molecular weight excluding hydrogens is 789 g/mol. The normalized spacial score (nSPS) is 12.6. The molecule has 0 heterocycles. The highest BCUT2D eigenvalue weighted by Crippen LogP contribution is 2.34. The van der Waals surface area contributed by atoms with E-state index in [0.29, 0.717) is 55.5 Å². The third kappa shape index (κ3) is 40.3. The van der Waals surface area contributed by atoms with Crippen LogP contribution >= 0.6 is 0 Å². The van der Waals surface area contributed by atoms with Crippen molar-refractivity contribution >= 4 is 22.4 Å². The highest BCUT2D eigenvalue weighted by atomic mass is 28.4. The second-order valence-electron chi connectivity index (χ2n) is 22.6. The van der Waals surface area contributed by atoms with Crippen molar-refractivity contribution in [3.05, 3.63) is 0 Å². The summed E-state index contributed by atoms with van der Waals surface area (Å²) in [4.78, 5) is 13.4. The standard InChI is InChI=1S/C57H118O3Si2/c1-11-13-15-17-19-21-23-25-27-29-31-33-35-37-39-41-47-61(49-53(3)4,50-54(5)6)59-45-43-57(58)44-46-60-62(51-55(7)8,52-56(9)10)48-42-40-38-36-34-32-30-28-26-24-22-20-18-16-14-12-2/h53-56H,11-52H2,1-10H3. The molecule has 0 saturated heterocycles. The molecule has 0 N–H and O–H groups in total. The highest BCUT2D eigenvalue weighted by molar-refractivity contribution is 6.74. The number of carbonyl (C=O) groups is 1. The minimum Gasteiger partial charge on any atom is -0.416 e. The first-order valence-corrected chi connectivity index (χ1v) is 33.7. The molecular formula is C57H118O3Si2. The van der Waals surface area contributed by atoms with Gasteiger partial charge in [0.1, 0.15) is 5.78 Å². The Morgan fingerprint density at radius 3 is 0.710 bits per heavy atom. The van der Waals surface area contributed by atoms with E-state index in [1.807, 2.05) is 0 Å². The predicted octanol–water partition coefficient (Wildman–Crippen LogP) is 20.4. The summed E-state index contributed by atoms with van der Waals surface area (Å²) in [6.07, 6.45) is 46.4. The molecule has 0 aromatic carbocycles. The van der Waals surface area contributed by atoms with Crippen molar-refractivity contribution in [3.63, 3.8) is 0 Å². The van der Waals surface area contributed by atoms with Gasteiger partial charge in [0.05, 0.1) is 0 Å². The smallest absolute Gasteiger partial charge is 0.193 e. The van der Waals surface area contributed by atoms with Gasteiger partial charge < -0.3 is 8.85 Å². The van der Waals surface area contributed by atoms with Gasteiger partial charge in [-0.3, -0.25) is 4.79 Å². The topological polar surface area (TPSA) is 35.5 Å². The van der Waals surface area contributed by atoms with Crippen molar-refractivity contribution in [2.75, 3.05) is 13.2 Å². The number of rotatable bonds is 50. The van der Waals surface area contributed by atoms with Crippen molar-refractivity contribution < 1.29 is 13.6 Å². The molecule has 372 valence electrons. The van der Waals surface area contributed by atoms with Crippen LogP contribution < -0.4 is 0 Å². The third-order valence-electron chi connectivity index (χ3n) is 13.7. The van der Waals surface area contributed by atoms with E-state index < -0.39 is 16.6 Å². The number of ketones is 1. The monoisotopic (exact) mass is 907 g/mol. The van der Waals surface area contributed by atoms with Crippen LogP contribution in [0.25, 0.3) is 0 Å². The molecule has 5 heteroatoms. The van der Waals surface area contributed by atoms with Crippen molar-refractivity contribution in [2.45, 2.75) is 324 Å². The number of carbonyl (C=O) groups excluding carboxylic acids is 1. The summed E-state index contributed by atoms with van der Waals surface area (Å²) in [6, 6.07) is 7.49. The second kappa shape index (κ2) is 43.6. The lowest BCUT2D eigenvalue weighted by Gasteiger charge is -2.35. The summed E-state index contributed by atoms with van der Waals surface area (Å²) in [5.41, 5.74) is 0. The fourth-order valence-corrected chi connectivity index (χ4v) is 21.5. The molecule has 0 aliphatic heterocycles. The molecule has 0 aromatic rings. The van der Waals surface area contributed by atoms with Gasteiger partial charge in [-0.15, -0.1) is 0 Å². The Morgan fingerprint density at radius 2 is 0.516 bits per heavy atom. The first-order valence-electron chi connectivity index (χ1n) is 28.7. The van der Waals surface area contributed by atoms with E-state index in [0.717, 1.165) is 0 Å². The fraction of sp³-hybridized carbons (Fsp3) is 0.982. The Balaban J connectivity index is 4.67. The average molecular weight is 908 g/mol. The zero-order valence-corrected chi connectivity index (χ0v) is 46.7. The molecule has 0 amide bonds. The van der Waals surface area contributed by atoms with E-state index in [9.17, 15) is 4.79 Å². The molecule has 0 saturated carbocycles. The van der Waals surface area contributed by atoms with E-state index in [1.54, 1.807) is 0 Å². The van der Waals surface area contributed by atoms with Crippen LogP contribution in [0.3, 0.4) is 0 Å². The van der Waals surface area contributed by atoms with Gasteiger partial charge in [-0.25, -0.2) is 0 Å². The molecule has 0 aliphatic rings. The minimum absolute atomic E-state index is 0.351. The lowest BCUT2D eigenvalue weighted by molar-refractivity contribution is -0.120. The van der Waals surface area contributed by atoms with Crippen LogP contribution in [0, 0.1) is 23.7 Å². The Bertz CT molecular complexity index is 841. The number of unbranched alkanes of at least 4 members (excludes halogenated alkanes) is 30. The first-order chi connectivity index (χ1) is 29.9. The zero-order chi connectivity index (χ0) is 46.0. The van der Waals surface area contributed by atoms with E-state index in [1.165, 1.54) is 242 Å². The average Bonchev–Trinajstić information content (AvgIpc) is 3.19. The van der Waals surface area contributed by atoms with Crippen molar-refractivity contribution in [1.29, 1.82) is 0 Å². The van der Waals surface area contributed by atoms with E-state index in [4.69, 9.17) is 8.85 Å². The lowest BCUT2D eigenvalue weighted by atomic mass is 10.0. The molecule has 0 aromatic heterocycles. The van der Waals surface area contributed by atoms with Gasteiger partial charge in [-0.2, -0.15) is 0 Å². The molecule has 0 spiro atoms. The van der Waals surface area contributed by atoms with Crippen LogP contribution in [-0.2, 0) is 13.6 Å². The van der Waals surface area contributed by atoms with Gasteiger partial charge in [-0.05, 0) is 59.9 Å². The molecule has 0 aliphatic carbocycles. The second-order valence-corrected chi connectivity index (χ2v) is 30.5. The molecule has 3 nitrogen and oxygen atoms in total. The minimum atomic E-state index is -1.91. The van der Waals surface area contributed by atoms with Crippen LogP contribution in [0.4, 0.5) is 0 Å². The summed E-state index contributed by atoms with van der Waals surface area (Å²) in [6.45, 7) is 24.9. The first kappa shape index (κ1) is 62.0. The molecule has 0 unspecified atom stereocenters. The van der Waals surface area contributed by atoms with Crippen molar-refractivity contribution in [3.8, 4) is 0 Å². The SMILES string of the molecule is CCCCCCCCCCCCCCCCCC[Si](CC(C)C)(CC(C)C)OCCC(=O)CCO[Si](CCCCCCCCCCCCCCCCCC)(CC(C)C)CC(C)C. The summed E-state index contributed by atoms with van der Waals surface area (Å²) in [5.74, 6) is 2.96. The molecule has 0 fully saturated rings. The Labute approximate surface area is 395 Å². The van der Waals surface area contributed by atoms with Crippen LogP contribution in [0.1, 0.15) is 288 Å². The van der Waals surface area contributed by atoms with Gasteiger partial charge in [0, 0.05) is 26.1 Å². The summed E-state index contributed by atoms with van der Waals surface area (Å²) >= 11 is 0. The number of Topliss-reactive ketones (excluding diaryl/α,β-unsaturated/α-hetero) is 1. The van der Waals surface area contributed by atoms with Gasteiger partial charge >= 0.3 is 0 Å². The van der Waals surface area contributed by atoms with Gasteiger partial charge in [-0.1, -0.05) is 275 Å².